The van der Waals surface area contributed by atoms with Gasteiger partial charge in [0.15, 0.2) is 5.69 Å². The molecule has 1 heterocycles. The van der Waals surface area contributed by atoms with Gasteiger partial charge in [0.2, 0.25) is 0 Å². The molecule has 1 amide bonds. The second-order valence-corrected chi connectivity index (χ2v) is 4.88. The molecule has 1 aromatic heterocycles. The largest absolute Gasteiger partial charge is 0.505 e. The summed E-state index contributed by atoms with van der Waals surface area (Å²) >= 11 is 0. The number of halogens is 1. The Labute approximate surface area is 137 Å². The number of nitrogens with one attached hydrogen (secondary N) is 1. The van der Waals surface area contributed by atoms with Gasteiger partial charge in [-0.3, -0.25) is 9.59 Å². The summed E-state index contributed by atoms with van der Waals surface area (Å²) < 4.78 is 12.8. The highest BCUT2D eigenvalue weighted by atomic mass is 19.1. The van der Waals surface area contributed by atoms with E-state index in [9.17, 15) is 19.1 Å². The average Bonchev–Trinajstić information content (AvgIpc) is 2.54. The number of carboxylic acid groups (broad SMARTS) is 1. The van der Waals surface area contributed by atoms with E-state index in [-0.39, 0.29) is 11.5 Å². The normalized spacial score (nSPS) is 11.1. The van der Waals surface area contributed by atoms with E-state index in [0.29, 0.717) is 11.1 Å². The summed E-state index contributed by atoms with van der Waals surface area (Å²) in [4.78, 5) is 26.3. The minimum Gasteiger partial charge on any atom is -0.505 e. The van der Waals surface area contributed by atoms with E-state index in [1.165, 1.54) is 43.5 Å². The summed E-state index contributed by atoms with van der Waals surface area (Å²) in [6, 6.07) is 5.68. The lowest BCUT2D eigenvalue weighted by molar-refractivity contribution is -0.138. The van der Waals surface area contributed by atoms with Crippen molar-refractivity contribution >= 4 is 11.9 Å². The number of rotatable bonds is 3. The zero-order chi connectivity index (χ0) is 17.7. The number of benzene rings is 1. The Bertz CT molecular complexity index is 838. The first-order chi connectivity index (χ1) is 11.4. The topological polar surface area (TPSA) is 99.5 Å². The molecule has 0 fully saturated rings. The standard InChI is InChI=1S/C17H13FN2O4/c1-10(17(23)24)20-16(22)15-14(21)8-12(9-19-15)3-2-11-4-6-13(18)7-5-11/h4-10,21H,1H3,(H,20,22)(H,23,24). The summed E-state index contributed by atoms with van der Waals surface area (Å²) in [6.45, 7) is 1.29. The number of aromatic hydroxyl groups is 1. The van der Waals surface area contributed by atoms with Crippen LogP contribution in [-0.4, -0.2) is 33.1 Å². The minimum absolute atomic E-state index is 0.296. The van der Waals surface area contributed by atoms with Crippen molar-refractivity contribution in [2.75, 3.05) is 0 Å². The number of amides is 1. The number of hydrogen-bond acceptors (Lipinski definition) is 4. The van der Waals surface area contributed by atoms with E-state index < -0.39 is 23.7 Å². The van der Waals surface area contributed by atoms with Crippen LogP contribution in [0.3, 0.4) is 0 Å². The molecule has 0 aliphatic heterocycles. The molecule has 122 valence electrons. The lowest BCUT2D eigenvalue weighted by Gasteiger charge is -2.09. The molecular formula is C17H13FN2O4. The minimum atomic E-state index is -1.20. The van der Waals surface area contributed by atoms with Crippen molar-refractivity contribution < 1.29 is 24.2 Å². The second kappa shape index (κ2) is 7.24. The Kier molecular flexibility index (Phi) is 5.12. The summed E-state index contributed by atoms with van der Waals surface area (Å²) in [5, 5.41) is 20.8. The predicted molar refractivity (Wildman–Crippen MR) is 82.8 cm³/mol. The van der Waals surface area contributed by atoms with Gasteiger partial charge in [-0.05, 0) is 37.3 Å². The fourth-order valence-corrected chi connectivity index (χ4v) is 1.70. The van der Waals surface area contributed by atoms with Crippen LogP contribution in [0.15, 0.2) is 36.5 Å². The zero-order valence-corrected chi connectivity index (χ0v) is 12.6. The number of aliphatic carboxylic acids is 1. The van der Waals surface area contributed by atoms with Gasteiger partial charge in [0, 0.05) is 17.3 Å². The third-order valence-electron chi connectivity index (χ3n) is 3.00. The SMILES string of the molecule is CC(NC(=O)c1ncc(C#Cc2ccc(F)cc2)cc1O)C(=O)O. The molecule has 0 bridgehead atoms. The zero-order valence-electron chi connectivity index (χ0n) is 12.6. The molecule has 2 rings (SSSR count). The van der Waals surface area contributed by atoms with E-state index in [2.05, 4.69) is 22.1 Å². The van der Waals surface area contributed by atoms with E-state index in [1.54, 1.807) is 0 Å². The maximum Gasteiger partial charge on any atom is 0.325 e. The molecule has 0 saturated carbocycles. The molecular weight excluding hydrogens is 315 g/mol. The Hall–Kier alpha value is -3.40. The van der Waals surface area contributed by atoms with Crippen LogP contribution in [0.1, 0.15) is 28.5 Å². The van der Waals surface area contributed by atoms with Crippen LogP contribution in [0.2, 0.25) is 0 Å². The fourth-order valence-electron chi connectivity index (χ4n) is 1.70. The molecule has 7 heteroatoms. The van der Waals surface area contributed by atoms with Crippen molar-refractivity contribution in [3.05, 3.63) is 59.2 Å². The van der Waals surface area contributed by atoms with Crippen LogP contribution in [0.25, 0.3) is 0 Å². The van der Waals surface area contributed by atoms with Crippen LogP contribution >= 0.6 is 0 Å². The van der Waals surface area contributed by atoms with Gasteiger partial charge < -0.3 is 15.5 Å². The van der Waals surface area contributed by atoms with Crippen molar-refractivity contribution in [1.29, 1.82) is 0 Å². The number of carboxylic acids is 1. The Balaban J connectivity index is 2.16. The van der Waals surface area contributed by atoms with Crippen LogP contribution in [0, 0.1) is 17.7 Å². The first-order valence-electron chi connectivity index (χ1n) is 6.87. The summed E-state index contributed by atoms with van der Waals surface area (Å²) in [6.07, 6.45) is 1.27. The second-order valence-electron chi connectivity index (χ2n) is 4.88. The van der Waals surface area contributed by atoms with Crippen molar-refractivity contribution in [3.63, 3.8) is 0 Å². The van der Waals surface area contributed by atoms with E-state index in [1.807, 2.05) is 0 Å². The summed E-state index contributed by atoms with van der Waals surface area (Å²) in [5.41, 5.74) is 0.628. The van der Waals surface area contributed by atoms with Gasteiger partial charge in [0.05, 0.1) is 0 Å². The number of carbonyl (C=O) groups is 2. The van der Waals surface area contributed by atoms with Crippen LogP contribution in [0.4, 0.5) is 4.39 Å². The maximum absolute atomic E-state index is 12.8. The monoisotopic (exact) mass is 328 g/mol. The third kappa shape index (κ3) is 4.30. The van der Waals surface area contributed by atoms with Gasteiger partial charge in [-0.2, -0.15) is 0 Å². The van der Waals surface area contributed by atoms with Gasteiger partial charge in [-0.1, -0.05) is 11.8 Å². The van der Waals surface area contributed by atoms with Crippen molar-refractivity contribution in [2.45, 2.75) is 13.0 Å². The fraction of sp³-hybridized carbons (Fsp3) is 0.118. The molecule has 1 atom stereocenters. The molecule has 3 N–H and O–H groups in total. The smallest absolute Gasteiger partial charge is 0.325 e. The quantitative estimate of drug-likeness (QED) is 0.742. The lowest BCUT2D eigenvalue weighted by Crippen LogP contribution is -2.38. The van der Waals surface area contributed by atoms with Crippen LogP contribution in [-0.2, 0) is 4.79 Å². The number of pyridine rings is 1. The Morgan fingerprint density at radius 1 is 1.21 bits per heavy atom. The molecule has 0 spiro atoms. The predicted octanol–water partition coefficient (Wildman–Crippen LogP) is 1.53. The summed E-state index contributed by atoms with van der Waals surface area (Å²) in [7, 11) is 0. The maximum atomic E-state index is 12.8. The highest BCUT2D eigenvalue weighted by molar-refractivity contribution is 5.97. The van der Waals surface area contributed by atoms with E-state index >= 15 is 0 Å². The molecule has 6 nitrogen and oxygen atoms in total. The number of nitrogens with zero attached hydrogens (tertiary/aromatic N) is 1. The molecule has 0 saturated heterocycles. The number of aromatic nitrogens is 1. The van der Waals surface area contributed by atoms with Crippen molar-refractivity contribution in [2.24, 2.45) is 0 Å². The molecule has 0 radical (unpaired) electrons. The Morgan fingerprint density at radius 3 is 2.42 bits per heavy atom. The first kappa shape index (κ1) is 17.0. The molecule has 0 aliphatic carbocycles. The lowest BCUT2D eigenvalue weighted by atomic mass is 10.2. The van der Waals surface area contributed by atoms with Gasteiger partial charge in [-0.25, -0.2) is 9.37 Å². The first-order valence-corrected chi connectivity index (χ1v) is 6.87. The van der Waals surface area contributed by atoms with Gasteiger partial charge in [-0.15, -0.1) is 0 Å². The van der Waals surface area contributed by atoms with Crippen molar-refractivity contribution in [3.8, 4) is 17.6 Å². The molecule has 24 heavy (non-hydrogen) atoms. The number of carbonyl (C=O) groups excluding carboxylic acids is 1. The van der Waals surface area contributed by atoms with Gasteiger partial charge >= 0.3 is 5.97 Å². The molecule has 1 aromatic carbocycles. The van der Waals surface area contributed by atoms with E-state index in [0.717, 1.165) is 0 Å². The van der Waals surface area contributed by atoms with E-state index in [4.69, 9.17) is 5.11 Å². The summed E-state index contributed by atoms with van der Waals surface area (Å²) in [5.74, 6) is 2.69. The van der Waals surface area contributed by atoms with Gasteiger partial charge in [0.25, 0.3) is 5.91 Å². The van der Waals surface area contributed by atoms with Gasteiger partial charge in [0.1, 0.15) is 17.6 Å². The molecule has 2 aromatic rings. The Morgan fingerprint density at radius 2 is 1.83 bits per heavy atom. The highest BCUT2D eigenvalue weighted by Gasteiger charge is 2.19. The molecule has 0 aliphatic rings. The van der Waals surface area contributed by atoms with Crippen molar-refractivity contribution in [1.82, 2.24) is 10.3 Å². The van der Waals surface area contributed by atoms with Crippen LogP contribution < -0.4 is 5.32 Å². The highest BCUT2D eigenvalue weighted by Crippen LogP contribution is 2.15. The van der Waals surface area contributed by atoms with Crippen LogP contribution in [0.5, 0.6) is 5.75 Å². The average molecular weight is 328 g/mol. The molecule has 1 unspecified atom stereocenters. The third-order valence-corrected chi connectivity index (χ3v) is 3.00. The number of hydrogen-bond donors (Lipinski definition) is 3.